The van der Waals surface area contributed by atoms with E-state index in [0.717, 1.165) is 30.1 Å². The van der Waals surface area contributed by atoms with Gasteiger partial charge in [0.2, 0.25) is 0 Å². The van der Waals surface area contributed by atoms with Gasteiger partial charge >= 0.3 is 0 Å². The maximum absolute atomic E-state index is 10.1. The van der Waals surface area contributed by atoms with Gasteiger partial charge in [0.15, 0.2) is 0 Å². The second-order valence-electron chi connectivity index (χ2n) is 6.48. The van der Waals surface area contributed by atoms with Crippen LogP contribution in [-0.2, 0) is 0 Å². The fourth-order valence-electron chi connectivity index (χ4n) is 3.24. The van der Waals surface area contributed by atoms with Crippen LogP contribution in [-0.4, -0.2) is 48.6 Å². The quantitative estimate of drug-likeness (QED) is 0.915. The summed E-state index contributed by atoms with van der Waals surface area (Å²) >= 11 is 0. The molecule has 1 heterocycles. The lowest BCUT2D eigenvalue weighted by Crippen LogP contribution is -2.38. The van der Waals surface area contributed by atoms with E-state index in [1.165, 1.54) is 19.4 Å². The van der Waals surface area contributed by atoms with Gasteiger partial charge in [0.05, 0.1) is 0 Å². The monoisotopic (exact) mass is 276 g/mol. The lowest BCUT2D eigenvalue weighted by Gasteiger charge is -2.37. The summed E-state index contributed by atoms with van der Waals surface area (Å²) in [5.74, 6) is 1.26. The summed E-state index contributed by atoms with van der Waals surface area (Å²) in [7, 11) is 4.30. The zero-order valence-corrected chi connectivity index (χ0v) is 13.3. The molecule has 1 aliphatic rings. The minimum absolute atomic E-state index is 0.302. The van der Waals surface area contributed by atoms with Crippen molar-refractivity contribution in [2.24, 2.45) is 5.92 Å². The molecule has 0 amide bonds. The van der Waals surface area contributed by atoms with Crippen molar-refractivity contribution in [2.45, 2.75) is 32.7 Å². The maximum Gasteiger partial charge on any atom is 0.120 e. The Labute approximate surface area is 123 Å². The Morgan fingerprint density at radius 3 is 2.50 bits per heavy atom. The van der Waals surface area contributed by atoms with E-state index in [4.69, 9.17) is 0 Å². The van der Waals surface area contributed by atoms with Crippen molar-refractivity contribution >= 4 is 0 Å². The first-order valence-corrected chi connectivity index (χ1v) is 7.65. The molecule has 0 aliphatic carbocycles. The molecule has 1 aliphatic heterocycles. The summed E-state index contributed by atoms with van der Waals surface area (Å²) in [5.41, 5.74) is 2.17. The average Bonchev–Trinajstić information content (AvgIpc) is 2.38. The molecule has 1 aromatic rings. The Morgan fingerprint density at radius 2 is 1.95 bits per heavy atom. The number of phenols is 1. The molecule has 0 spiro atoms. The molecule has 1 atom stereocenters. The third kappa shape index (κ3) is 3.74. The van der Waals surface area contributed by atoms with Crippen molar-refractivity contribution in [1.82, 2.24) is 9.80 Å². The lowest BCUT2D eigenvalue weighted by molar-refractivity contribution is 0.126. The molecule has 20 heavy (non-hydrogen) atoms. The second-order valence-corrected chi connectivity index (χ2v) is 6.48. The molecule has 0 saturated carbocycles. The van der Waals surface area contributed by atoms with Crippen LogP contribution in [0.5, 0.6) is 5.75 Å². The third-order valence-electron chi connectivity index (χ3n) is 4.46. The SMILES string of the molecule is Cc1ccc(C(C)N2CCC(CN(C)C)CC2)c(O)c1. The molecule has 1 unspecified atom stereocenters. The van der Waals surface area contributed by atoms with Gasteiger partial charge in [0.25, 0.3) is 0 Å². The number of rotatable bonds is 4. The molecule has 112 valence electrons. The van der Waals surface area contributed by atoms with Crippen molar-refractivity contribution < 1.29 is 5.11 Å². The van der Waals surface area contributed by atoms with E-state index in [-0.39, 0.29) is 0 Å². The van der Waals surface area contributed by atoms with Crippen LogP contribution >= 0.6 is 0 Å². The van der Waals surface area contributed by atoms with Crippen LogP contribution in [0.1, 0.15) is 36.9 Å². The number of phenolic OH excluding ortho intramolecular Hbond substituents is 1. The number of hydrogen-bond acceptors (Lipinski definition) is 3. The van der Waals surface area contributed by atoms with Crippen LogP contribution in [0.25, 0.3) is 0 Å². The largest absolute Gasteiger partial charge is 0.508 e. The summed E-state index contributed by atoms with van der Waals surface area (Å²) in [6.07, 6.45) is 2.52. The van der Waals surface area contributed by atoms with Crippen LogP contribution in [0.15, 0.2) is 18.2 Å². The molecule has 1 saturated heterocycles. The molecule has 0 radical (unpaired) electrons. The number of benzene rings is 1. The number of hydrogen-bond donors (Lipinski definition) is 1. The highest BCUT2D eigenvalue weighted by molar-refractivity contribution is 5.37. The lowest BCUT2D eigenvalue weighted by atomic mass is 9.94. The van der Waals surface area contributed by atoms with Crippen molar-refractivity contribution in [1.29, 1.82) is 0 Å². The molecule has 1 aromatic carbocycles. The average molecular weight is 276 g/mol. The van der Waals surface area contributed by atoms with Crippen molar-refractivity contribution in [3.05, 3.63) is 29.3 Å². The third-order valence-corrected chi connectivity index (χ3v) is 4.46. The molecule has 3 nitrogen and oxygen atoms in total. The van der Waals surface area contributed by atoms with Crippen LogP contribution in [0.3, 0.4) is 0 Å². The molecule has 0 bridgehead atoms. The molecule has 3 heteroatoms. The highest BCUT2D eigenvalue weighted by Crippen LogP contribution is 2.32. The van der Waals surface area contributed by atoms with E-state index in [2.05, 4.69) is 43.0 Å². The number of piperidine rings is 1. The maximum atomic E-state index is 10.1. The van der Waals surface area contributed by atoms with Crippen LogP contribution < -0.4 is 0 Å². The Hall–Kier alpha value is -1.06. The summed E-state index contributed by atoms with van der Waals surface area (Å²) in [6, 6.07) is 6.33. The predicted molar refractivity (Wildman–Crippen MR) is 84.1 cm³/mol. The van der Waals surface area contributed by atoms with Crippen LogP contribution in [0, 0.1) is 12.8 Å². The number of likely N-dealkylation sites (tertiary alicyclic amines) is 1. The van der Waals surface area contributed by atoms with Gasteiger partial charge in [-0.1, -0.05) is 12.1 Å². The minimum atomic E-state index is 0.302. The van der Waals surface area contributed by atoms with E-state index < -0.39 is 0 Å². The Morgan fingerprint density at radius 1 is 1.30 bits per heavy atom. The Bertz CT molecular complexity index is 437. The minimum Gasteiger partial charge on any atom is -0.508 e. The van der Waals surface area contributed by atoms with Gasteiger partial charge in [-0.3, -0.25) is 4.90 Å². The van der Waals surface area contributed by atoms with Gasteiger partial charge in [0.1, 0.15) is 5.75 Å². The topological polar surface area (TPSA) is 26.7 Å². The number of nitrogens with zero attached hydrogens (tertiary/aromatic N) is 2. The summed E-state index contributed by atoms with van der Waals surface area (Å²) in [6.45, 7) is 7.68. The van der Waals surface area contributed by atoms with Crippen LogP contribution in [0.2, 0.25) is 0 Å². The fourth-order valence-corrected chi connectivity index (χ4v) is 3.24. The van der Waals surface area contributed by atoms with Gasteiger partial charge in [-0.25, -0.2) is 0 Å². The smallest absolute Gasteiger partial charge is 0.120 e. The van der Waals surface area contributed by atoms with Gasteiger partial charge in [-0.15, -0.1) is 0 Å². The predicted octanol–water partition coefficient (Wildman–Crippen LogP) is 3.04. The first-order valence-electron chi connectivity index (χ1n) is 7.65. The first-order chi connectivity index (χ1) is 9.47. The second kappa shape index (κ2) is 6.59. The zero-order valence-electron chi connectivity index (χ0n) is 13.3. The van der Waals surface area contributed by atoms with E-state index in [1.807, 2.05) is 13.0 Å². The Kier molecular flexibility index (Phi) is 5.06. The zero-order chi connectivity index (χ0) is 14.7. The molecular weight excluding hydrogens is 248 g/mol. The molecule has 1 N–H and O–H groups in total. The van der Waals surface area contributed by atoms with Crippen LogP contribution in [0.4, 0.5) is 0 Å². The fraction of sp³-hybridized carbons (Fsp3) is 0.647. The van der Waals surface area contributed by atoms with Gasteiger partial charge in [0, 0.05) is 18.2 Å². The first kappa shape index (κ1) is 15.3. The van der Waals surface area contributed by atoms with E-state index in [0.29, 0.717) is 11.8 Å². The van der Waals surface area contributed by atoms with E-state index in [1.54, 1.807) is 0 Å². The van der Waals surface area contributed by atoms with Crippen molar-refractivity contribution in [2.75, 3.05) is 33.7 Å². The Balaban J connectivity index is 1.96. The number of aryl methyl sites for hydroxylation is 1. The molecule has 0 aromatic heterocycles. The molecular formula is C17H28N2O. The molecule has 2 rings (SSSR count). The summed E-state index contributed by atoms with van der Waals surface area (Å²) < 4.78 is 0. The van der Waals surface area contributed by atoms with E-state index in [9.17, 15) is 5.11 Å². The van der Waals surface area contributed by atoms with Crippen molar-refractivity contribution in [3.63, 3.8) is 0 Å². The highest BCUT2D eigenvalue weighted by Gasteiger charge is 2.25. The number of aromatic hydroxyl groups is 1. The van der Waals surface area contributed by atoms with Gasteiger partial charge in [-0.2, -0.15) is 0 Å². The summed E-state index contributed by atoms with van der Waals surface area (Å²) in [5, 5.41) is 10.1. The van der Waals surface area contributed by atoms with Gasteiger partial charge < -0.3 is 10.0 Å². The highest BCUT2D eigenvalue weighted by atomic mass is 16.3. The van der Waals surface area contributed by atoms with E-state index >= 15 is 0 Å². The van der Waals surface area contributed by atoms with Crippen molar-refractivity contribution in [3.8, 4) is 5.75 Å². The standard InChI is InChI=1S/C17H28N2O/c1-13-5-6-16(17(20)11-13)14(2)19-9-7-15(8-10-19)12-18(3)4/h5-6,11,14-15,20H,7-10,12H2,1-4H3. The molecule has 1 fully saturated rings. The van der Waals surface area contributed by atoms with Gasteiger partial charge in [-0.05, 0) is 71.4 Å². The summed E-state index contributed by atoms with van der Waals surface area (Å²) in [4.78, 5) is 4.78. The normalized spacial score (nSPS) is 19.4.